The van der Waals surface area contributed by atoms with Gasteiger partial charge in [-0.25, -0.2) is 0 Å². The van der Waals surface area contributed by atoms with Crippen molar-refractivity contribution in [1.82, 2.24) is 19.6 Å². The van der Waals surface area contributed by atoms with Crippen LogP contribution in [0.25, 0.3) is 0 Å². The van der Waals surface area contributed by atoms with Crippen LogP contribution in [0.1, 0.15) is 48.1 Å². The molecule has 0 saturated carbocycles. The average Bonchev–Trinajstić information content (AvgIpc) is 3.52. The highest BCUT2D eigenvalue weighted by Gasteiger charge is 2.51. The van der Waals surface area contributed by atoms with Crippen molar-refractivity contribution in [3.63, 3.8) is 0 Å². The van der Waals surface area contributed by atoms with E-state index in [-0.39, 0.29) is 35.8 Å². The summed E-state index contributed by atoms with van der Waals surface area (Å²) < 4.78 is 0. The quantitative estimate of drug-likeness (QED) is 0.675. The van der Waals surface area contributed by atoms with E-state index >= 15 is 0 Å². The van der Waals surface area contributed by atoms with E-state index in [2.05, 4.69) is 6.07 Å². The van der Waals surface area contributed by atoms with Gasteiger partial charge in [0.25, 0.3) is 5.91 Å². The molecule has 3 heterocycles. The predicted molar refractivity (Wildman–Crippen MR) is 122 cm³/mol. The summed E-state index contributed by atoms with van der Waals surface area (Å²) in [7, 11) is 3.44. The van der Waals surface area contributed by atoms with Crippen LogP contribution in [0, 0.1) is 11.3 Å². The monoisotopic (exact) mass is 452 g/mol. The number of carbonyl (C=O) groups is 3. The molecule has 0 radical (unpaired) electrons. The Labute approximate surface area is 194 Å². The fourth-order valence-corrected chi connectivity index (χ4v) is 5.46. The van der Waals surface area contributed by atoms with Gasteiger partial charge in [0, 0.05) is 45.3 Å². The Hall–Kier alpha value is -2.96. The molecule has 33 heavy (non-hydrogen) atoms. The van der Waals surface area contributed by atoms with Gasteiger partial charge in [0.15, 0.2) is 0 Å². The molecule has 176 valence electrons. The number of amides is 3. The molecule has 0 spiro atoms. The highest BCUT2D eigenvalue weighted by Crippen LogP contribution is 2.38. The Morgan fingerprint density at radius 1 is 1.33 bits per heavy atom. The van der Waals surface area contributed by atoms with E-state index in [0.29, 0.717) is 38.0 Å². The topological polar surface area (TPSA) is 114 Å². The van der Waals surface area contributed by atoms with Crippen LogP contribution in [0.2, 0.25) is 0 Å². The summed E-state index contributed by atoms with van der Waals surface area (Å²) in [6, 6.07) is 8.10. The zero-order chi connectivity index (χ0) is 23.9. The third kappa shape index (κ3) is 4.21. The van der Waals surface area contributed by atoms with Crippen LogP contribution < -0.4 is 5.73 Å². The number of fused-ring (bicyclic) bond motifs is 2. The summed E-state index contributed by atoms with van der Waals surface area (Å²) in [5, 5.41) is 9.26. The maximum absolute atomic E-state index is 13.3. The van der Waals surface area contributed by atoms with Crippen LogP contribution in [-0.4, -0.2) is 95.2 Å². The second-order valence-corrected chi connectivity index (χ2v) is 9.53. The van der Waals surface area contributed by atoms with Crippen LogP contribution >= 0.6 is 0 Å². The SMILES string of the molecule is C[C@@H](c1cccc(C(=O)N(C)C)c1)N1C(=O)[C@@H]2C[C@H]1CN2C[C@H](N)C(=O)N1CCC[C@H]1C#N. The molecule has 9 nitrogen and oxygen atoms in total. The lowest BCUT2D eigenvalue weighted by Crippen LogP contribution is -2.56. The third-order valence-corrected chi connectivity index (χ3v) is 7.19. The summed E-state index contributed by atoms with van der Waals surface area (Å²) in [4.78, 5) is 45.4. The molecule has 3 fully saturated rings. The van der Waals surface area contributed by atoms with Gasteiger partial charge in [-0.1, -0.05) is 12.1 Å². The molecule has 2 N–H and O–H groups in total. The maximum Gasteiger partial charge on any atom is 0.253 e. The van der Waals surface area contributed by atoms with Crippen molar-refractivity contribution in [2.24, 2.45) is 5.73 Å². The molecule has 3 saturated heterocycles. The van der Waals surface area contributed by atoms with Crippen LogP contribution in [-0.2, 0) is 9.59 Å². The van der Waals surface area contributed by atoms with Gasteiger partial charge in [0.05, 0.1) is 24.2 Å². The van der Waals surface area contributed by atoms with Gasteiger partial charge in [-0.15, -0.1) is 0 Å². The first-order valence-corrected chi connectivity index (χ1v) is 11.6. The van der Waals surface area contributed by atoms with Crippen LogP contribution in [0.4, 0.5) is 0 Å². The van der Waals surface area contributed by atoms with Gasteiger partial charge < -0.3 is 20.4 Å². The largest absolute Gasteiger partial charge is 0.345 e. The van der Waals surface area contributed by atoms with Crippen molar-refractivity contribution in [2.45, 2.75) is 56.4 Å². The molecule has 3 aliphatic heterocycles. The van der Waals surface area contributed by atoms with E-state index in [1.165, 1.54) is 4.90 Å². The first-order chi connectivity index (χ1) is 15.7. The van der Waals surface area contributed by atoms with Crippen molar-refractivity contribution in [3.05, 3.63) is 35.4 Å². The first-order valence-electron chi connectivity index (χ1n) is 11.6. The van der Waals surface area contributed by atoms with E-state index in [1.807, 2.05) is 34.9 Å². The van der Waals surface area contributed by atoms with E-state index < -0.39 is 12.1 Å². The second kappa shape index (κ2) is 9.12. The maximum atomic E-state index is 13.3. The average molecular weight is 453 g/mol. The van der Waals surface area contributed by atoms with E-state index in [4.69, 9.17) is 5.73 Å². The highest BCUT2D eigenvalue weighted by molar-refractivity contribution is 5.94. The lowest BCUT2D eigenvalue weighted by molar-refractivity contribution is -0.140. The Morgan fingerprint density at radius 3 is 2.76 bits per heavy atom. The summed E-state index contributed by atoms with van der Waals surface area (Å²) in [5.74, 6) is -0.236. The standard InChI is InChI=1S/C24H32N6O3/c1-15(16-6-4-7-17(10-16)22(31)27(2)3)30-19-11-21(24(30)33)28(13-19)14-20(26)23(32)29-9-5-8-18(29)12-25/h4,6-7,10,15,18-21H,5,8-9,11,13-14,26H2,1-3H3/t15-,18-,19-,20-,21-/m0/s1. The molecular formula is C24H32N6O3. The smallest absolute Gasteiger partial charge is 0.253 e. The van der Waals surface area contributed by atoms with Crippen molar-refractivity contribution < 1.29 is 14.4 Å². The fraction of sp³-hybridized carbons (Fsp3) is 0.583. The van der Waals surface area contributed by atoms with E-state index in [0.717, 1.165) is 12.0 Å². The van der Waals surface area contributed by atoms with Crippen LogP contribution in [0.15, 0.2) is 24.3 Å². The molecule has 3 aliphatic rings. The zero-order valence-corrected chi connectivity index (χ0v) is 19.5. The minimum atomic E-state index is -0.745. The van der Waals surface area contributed by atoms with Crippen molar-refractivity contribution in [2.75, 3.05) is 33.7 Å². The van der Waals surface area contributed by atoms with Gasteiger partial charge >= 0.3 is 0 Å². The van der Waals surface area contributed by atoms with E-state index in [1.54, 1.807) is 25.1 Å². The minimum Gasteiger partial charge on any atom is -0.345 e. The second-order valence-electron chi connectivity index (χ2n) is 9.53. The van der Waals surface area contributed by atoms with Gasteiger partial charge in [0.2, 0.25) is 11.8 Å². The van der Waals surface area contributed by atoms with Gasteiger partial charge in [0.1, 0.15) is 6.04 Å². The molecule has 1 aromatic carbocycles. The zero-order valence-electron chi connectivity index (χ0n) is 19.5. The van der Waals surface area contributed by atoms with Crippen LogP contribution in [0.5, 0.6) is 0 Å². The van der Waals surface area contributed by atoms with Crippen molar-refractivity contribution in [3.8, 4) is 6.07 Å². The Morgan fingerprint density at radius 2 is 2.09 bits per heavy atom. The first kappa shape index (κ1) is 23.2. The number of rotatable bonds is 6. The summed E-state index contributed by atoms with van der Waals surface area (Å²) in [5.41, 5.74) is 7.75. The molecule has 5 atom stereocenters. The molecule has 0 aromatic heterocycles. The molecule has 0 aliphatic carbocycles. The predicted octanol–water partition coefficient (Wildman–Crippen LogP) is 0.576. The molecular weight excluding hydrogens is 420 g/mol. The molecule has 0 unspecified atom stereocenters. The number of benzene rings is 1. The van der Waals surface area contributed by atoms with Crippen LogP contribution in [0.3, 0.4) is 0 Å². The number of likely N-dealkylation sites (tertiary alicyclic amines) is 3. The molecule has 1 aromatic rings. The Kier molecular flexibility index (Phi) is 6.41. The number of hydrogen-bond donors (Lipinski definition) is 1. The van der Waals surface area contributed by atoms with E-state index in [9.17, 15) is 19.6 Å². The van der Waals surface area contributed by atoms with Gasteiger partial charge in [-0.2, -0.15) is 5.26 Å². The molecule has 3 amide bonds. The lowest BCUT2D eigenvalue weighted by atomic mass is 10.0. The normalized spacial score (nSPS) is 26.4. The lowest BCUT2D eigenvalue weighted by Gasteiger charge is -2.38. The van der Waals surface area contributed by atoms with Crippen molar-refractivity contribution >= 4 is 17.7 Å². The summed E-state index contributed by atoms with van der Waals surface area (Å²) >= 11 is 0. The fourth-order valence-electron chi connectivity index (χ4n) is 5.46. The van der Waals surface area contributed by atoms with Gasteiger partial charge in [-0.3, -0.25) is 19.3 Å². The Bertz CT molecular complexity index is 989. The molecule has 2 bridgehead atoms. The number of nitriles is 1. The molecule has 4 rings (SSSR count). The number of piperazine rings is 1. The molecule has 9 heteroatoms. The summed E-state index contributed by atoms with van der Waals surface area (Å²) in [6.07, 6.45) is 2.22. The van der Waals surface area contributed by atoms with Gasteiger partial charge in [-0.05, 0) is 43.9 Å². The summed E-state index contributed by atoms with van der Waals surface area (Å²) in [6.45, 7) is 3.54. The Balaban J connectivity index is 1.41. The number of nitrogens with two attached hydrogens (primary N) is 1. The number of carbonyl (C=O) groups excluding carboxylic acids is 3. The van der Waals surface area contributed by atoms with Crippen molar-refractivity contribution in [1.29, 1.82) is 5.26 Å². The highest BCUT2D eigenvalue weighted by atomic mass is 16.2. The third-order valence-electron chi connectivity index (χ3n) is 7.19. The number of hydrogen-bond acceptors (Lipinski definition) is 6. The number of nitrogens with zero attached hydrogens (tertiary/aromatic N) is 5. The minimum absolute atomic E-state index is 0.0406.